The lowest BCUT2D eigenvalue weighted by atomic mass is 10.4. The molecule has 1 aliphatic heterocycles. The summed E-state index contributed by atoms with van der Waals surface area (Å²) in [7, 11) is 0. The van der Waals surface area contributed by atoms with Crippen LogP contribution in [0.1, 0.15) is 0 Å². The lowest BCUT2D eigenvalue weighted by Crippen LogP contribution is -2.27. The summed E-state index contributed by atoms with van der Waals surface area (Å²) in [5, 5.41) is 1.11. The third kappa shape index (κ3) is 4.51. The molecule has 0 unspecified atom stereocenters. The van der Waals surface area contributed by atoms with Gasteiger partial charge in [-0.1, -0.05) is 0 Å². The number of allylic oxidation sites excluding steroid dienone is 2. The first-order valence-corrected chi connectivity index (χ1v) is 4.45. The van der Waals surface area contributed by atoms with Crippen molar-refractivity contribution in [2.75, 3.05) is 13.2 Å². The summed E-state index contributed by atoms with van der Waals surface area (Å²) in [4.78, 5) is 4.46. The minimum atomic E-state index is -4.29. The molecule has 0 spiro atoms. The van der Waals surface area contributed by atoms with Crippen molar-refractivity contribution in [2.45, 2.75) is 6.18 Å². The summed E-state index contributed by atoms with van der Waals surface area (Å²) in [6, 6.07) is 0. The van der Waals surface area contributed by atoms with Gasteiger partial charge in [-0.05, 0) is 28.7 Å². The molecular weight excluding hydrogens is 298 g/mol. The van der Waals surface area contributed by atoms with Crippen LogP contribution in [0.2, 0.25) is 0 Å². The summed E-state index contributed by atoms with van der Waals surface area (Å²) < 4.78 is 36.0. The Morgan fingerprint density at radius 3 is 2.85 bits per heavy atom. The fourth-order valence-corrected chi connectivity index (χ4v) is 1.21. The lowest BCUT2D eigenvalue weighted by Gasteiger charge is -2.21. The number of hydrogen-bond donors (Lipinski definition) is 0. The average molecular weight is 304 g/mol. The summed E-state index contributed by atoms with van der Waals surface area (Å²) in [5.74, 6) is 0. The predicted octanol–water partition coefficient (Wildman–Crippen LogP) is 2.43. The van der Waals surface area contributed by atoms with E-state index in [1.807, 2.05) is 22.6 Å². The van der Waals surface area contributed by atoms with Crippen molar-refractivity contribution in [3.8, 4) is 0 Å². The standard InChI is InChI=1S/C7H6F3INO/c8-7(9,10)5-13-12-3-1-2-6(11)4-12/h2-3H,4-5H2. The van der Waals surface area contributed by atoms with Crippen molar-refractivity contribution in [1.82, 2.24) is 5.06 Å². The first-order valence-electron chi connectivity index (χ1n) is 3.37. The van der Waals surface area contributed by atoms with Crippen molar-refractivity contribution in [2.24, 2.45) is 0 Å². The van der Waals surface area contributed by atoms with Gasteiger partial charge in [0, 0.05) is 15.9 Å². The van der Waals surface area contributed by atoms with E-state index in [4.69, 9.17) is 0 Å². The number of halogens is 4. The smallest absolute Gasteiger partial charge is 0.264 e. The molecular formula is C7H6F3INO. The second-order valence-electron chi connectivity index (χ2n) is 2.35. The van der Waals surface area contributed by atoms with E-state index in [0.717, 1.165) is 8.64 Å². The van der Waals surface area contributed by atoms with Gasteiger partial charge in [-0.2, -0.15) is 13.2 Å². The van der Waals surface area contributed by atoms with Gasteiger partial charge in [0.2, 0.25) is 0 Å². The minimum Gasteiger partial charge on any atom is -0.264 e. The summed E-state index contributed by atoms with van der Waals surface area (Å²) in [5.41, 5.74) is 0. The zero-order valence-electron chi connectivity index (χ0n) is 6.44. The van der Waals surface area contributed by atoms with Gasteiger partial charge in [-0.25, -0.2) is 0 Å². The van der Waals surface area contributed by atoms with E-state index >= 15 is 0 Å². The minimum absolute atomic E-state index is 0.337. The molecule has 2 nitrogen and oxygen atoms in total. The molecule has 0 amide bonds. The highest BCUT2D eigenvalue weighted by molar-refractivity contribution is 14.1. The zero-order valence-corrected chi connectivity index (χ0v) is 8.59. The Labute approximate surface area is 87.1 Å². The van der Waals surface area contributed by atoms with E-state index in [1.165, 1.54) is 6.20 Å². The van der Waals surface area contributed by atoms with E-state index < -0.39 is 12.8 Å². The van der Waals surface area contributed by atoms with Crippen LogP contribution in [-0.2, 0) is 4.84 Å². The van der Waals surface area contributed by atoms with Gasteiger partial charge in [0.25, 0.3) is 0 Å². The van der Waals surface area contributed by atoms with Gasteiger partial charge >= 0.3 is 6.18 Å². The molecule has 1 radical (unpaired) electrons. The van der Waals surface area contributed by atoms with Crippen LogP contribution in [0.5, 0.6) is 0 Å². The van der Waals surface area contributed by atoms with Crippen LogP contribution in [0.3, 0.4) is 0 Å². The summed E-state index contributed by atoms with van der Waals surface area (Å²) >= 11 is 2.01. The Bertz CT molecular complexity index is 236. The number of hydroxylamine groups is 2. The highest BCUT2D eigenvalue weighted by Crippen LogP contribution is 2.18. The van der Waals surface area contributed by atoms with E-state index in [1.54, 1.807) is 6.08 Å². The maximum absolute atomic E-state index is 11.7. The molecule has 0 fully saturated rings. The second kappa shape index (κ2) is 4.32. The molecule has 0 aromatic carbocycles. The lowest BCUT2D eigenvalue weighted by molar-refractivity contribution is -0.234. The molecule has 0 bridgehead atoms. The van der Waals surface area contributed by atoms with Crippen LogP contribution in [0.4, 0.5) is 13.2 Å². The normalized spacial score (nSPS) is 17.5. The topological polar surface area (TPSA) is 12.5 Å². The highest BCUT2D eigenvalue weighted by Gasteiger charge is 2.29. The molecule has 1 rings (SSSR count). The third-order valence-electron chi connectivity index (χ3n) is 1.16. The van der Waals surface area contributed by atoms with Gasteiger partial charge in [0.05, 0.1) is 6.54 Å². The number of alkyl halides is 3. The molecule has 0 atom stereocenters. The molecule has 0 saturated heterocycles. The Morgan fingerprint density at radius 2 is 2.31 bits per heavy atom. The Balaban J connectivity index is 2.32. The van der Waals surface area contributed by atoms with E-state index in [-0.39, 0.29) is 0 Å². The first-order chi connectivity index (χ1) is 5.97. The van der Waals surface area contributed by atoms with Crippen molar-refractivity contribution in [3.05, 3.63) is 21.9 Å². The van der Waals surface area contributed by atoms with Gasteiger partial charge in [-0.15, -0.1) is 0 Å². The summed E-state index contributed by atoms with van der Waals surface area (Å²) in [6.45, 7) is -0.932. The van der Waals surface area contributed by atoms with Gasteiger partial charge in [-0.3, -0.25) is 9.90 Å². The average Bonchev–Trinajstić information content (AvgIpc) is 2.00. The molecule has 0 aromatic heterocycles. The maximum atomic E-state index is 11.7. The number of rotatable bonds is 2. The number of nitrogens with zero attached hydrogens (tertiary/aromatic N) is 1. The van der Waals surface area contributed by atoms with E-state index in [9.17, 15) is 13.2 Å². The van der Waals surface area contributed by atoms with Crippen molar-refractivity contribution < 1.29 is 18.0 Å². The monoisotopic (exact) mass is 304 g/mol. The summed E-state index contributed by atoms with van der Waals surface area (Å²) in [6.07, 6.45) is 1.40. The van der Waals surface area contributed by atoms with Crippen LogP contribution in [-0.4, -0.2) is 24.4 Å². The molecule has 13 heavy (non-hydrogen) atoms. The SMILES string of the molecule is FC(F)(F)CON1C=[C]C=C(I)C1. The zero-order chi connectivity index (χ0) is 9.90. The Morgan fingerprint density at radius 1 is 1.62 bits per heavy atom. The molecule has 0 aliphatic carbocycles. The van der Waals surface area contributed by atoms with Crippen LogP contribution in [0, 0.1) is 6.08 Å². The molecule has 0 aromatic rings. The quantitative estimate of drug-likeness (QED) is 0.727. The van der Waals surface area contributed by atoms with Crippen LogP contribution >= 0.6 is 22.6 Å². The predicted molar refractivity (Wildman–Crippen MR) is 48.6 cm³/mol. The molecule has 1 heterocycles. The molecule has 1 aliphatic rings. The Hall–Kier alpha value is -0.240. The molecule has 6 heteroatoms. The fourth-order valence-electron chi connectivity index (χ4n) is 0.690. The van der Waals surface area contributed by atoms with Gasteiger partial charge in [0.15, 0.2) is 6.61 Å². The molecule has 0 N–H and O–H groups in total. The fraction of sp³-hybridized carbons (Fsp3) is 0.429. The molecule has 0 saturated carbocycles. The largest absolute Gasteiger partial charge is 0.414 e. The first kappa shape index (κ1) is 10.8. The van der Waals surface area contributed by atoms with Gasteiger partial charge < -0.3 is 0 Å². The molecule has 73 valence electrons. The van der Waals surface area contributed by atoms with Crippen LogP contribution in [0.15, 0.2) is 15.9 Å². The van der Waals surface area contributed by atoms with Crippen molar-refractivity contribution >= 4 is 22.6 Å². The van der Waals surface area contributed by atoms with Gasteiger partial charge in [0.1, 0.15) is 0 Å². The highest BCUT2D eigenvalue weighted by atomic mass is 127. The van der Waals surface area contributed by atoms with Crippen molar-refractivity contribution in [3.63, 3.8) is 0 Å². The van der Waals surface area contributed by atoms with E-state index in [0.29, 0.717) is 6.54 Å². The van der Waals surface area contributed by atoms with Crippen LogP contribution in [0.25, 0.3) is 0 Å². The third-order valence-corrected chi connectivity index (χ3v) is 1.81. The second-order valence-corrected chi connectivity index (χ2v) is 3.74. The number of hydrogen-bond acceptors (Lipinski definition) is 2. The van der Waals surface area contributed by atoms with Crippen LogP contribution < -0.4 is 0 Å². The van der Waals surface area contributed by atoms with Crippen molar-refractivity contribution in [1.29, 1.82) is 0 Å². The van der Waals surface area contributed by atoms with E-state index in [2.05, 4.69) is 10.9 Å². The maximum Gasteiger partial charge on any atom is 0.414 e. The Kier molecular flexibility index (Phi) is 3.60.